The average molecular weight is 265 g/mol. The van der Waals surface area contributed by atoms with Crippen molar-refractivity contribution in [1.29, 1.82) is 0 Å². The third kappa shape index (κ3) is 5.90. The highest BCUT2D eigenvalue weighted by molar-refractivity contribution is 5.38. The molecule has 1 aromatic rings. The Labute approximate surface area is 117 Å². The van der Waals surface area contributed by atoms with Crippen LogP contribution in [0.5, 0.6) is 5.88 Å². The van der Waals surface area contributed by atoms with E-state index in [1.807, 2.05) is 6.07 Å². The van der Waals surface area contributed by atoms with Gasteiger partial charge in [-0.3, -0.25) is 0 Å². The molecule has 0 bridgehead atoms. The van der Waals surface area contributed by atoms with Crippen LogP contribution in [-0.4, -0.2) is 23.1 Å². The molecule has 0 aromatic carbocycles. The Morgan fingerprint density at radius 1 is 1.21 bits per heavy atom. The van der Waals surface area contributed by atoms with Crippen molar-refractivity contribution in [2.45, 2.75) is 53.4 Å². The Balaban J connectivity index is 2.65. The molecule has 0 fully saturated rings. The highest BCUT2D eigenvalue weighted by Gasteiger charge is 2.08. The minimum Gasteiger partial charge on any atom is -0.478 e. The molecular formula is C15H27N3O. The summed E-state index contributed by atoms with van der Waals surface area (Å²) in [5.74, 6) is 3.38. The Morgan fingerprint density at radius 3 is 2.53 bits per heavy atom. The number of hydrogen-bond donors (Lipinski definition) is 1. The van der Waals surface area contributed by atoms with E-state index in [-0.39, 0.29) is 0 Å². The van der Waals surface area contributed by atoms with E-state index in [1.165, 1.54) is 6.42 Å². The van der Waals surface area contributed by atoms with Crippen LogP contribution < -0.4 is 10.1 Å². The highest BCUT2D eigenvalue weighted by atomic mass is 16.5. The number of nitrogens with zero attached hydrogens (tertiary/aromatic N) is 2. The van der Waals surface area contributed by atoms with Gasteiger partial charge in [-0.1, -0.05) is 27.7 Å². The van der Waals surface area contributed by atoms with E-state index in [0.29, 0.717) is 11.8 Å². The molecule has 4 heteroatoms. The smallest absolute Gasteiger partial charge is 0.218 e. The van der Waals surface area contributed by atoms with E-state index in [4.69, 9.17) is 4.74 Å². The van der Waals surface area contributed by atoms with Crippen molar-refractivity contribution in [1.82, 2.24) is 9.97 Å². The van der Waals surface area contributed by atoms with Crippen LogP contribution in [0.15, 0.2) is 6.07 Å². The summed E-state index contributed by atoms with van der Waals surface area (Å²) < 4.78 is 5.74. The van der Waals surface area contributed by atoms with Crippen LogP contribution in [0, 0.1) is 5.92 Å². The standard InChI is InChI=1S/C15H27N3O/c1-6-16-13-10-14(18-15(17-13)12(4)5)19-9-7-8-11(2)3/h10-12H,6-9H2,1-5H3,(H,16,17,18). The van der Waals surface area contributed by atoms with Crippen LogP contribution in [0.4, 0.5) is 5.82 Å². The molecule has 1 aromatic heterocycles. The molecule has 0 saturated carbocycles. The molecule has 0 unspecified atom stereocenters. The minimum atomic E-state index is 0.302. The molecule has 0 aliphatic carbocycles. The molecule has 108 valence electrons. The molecule has 0 aliphatic heterocycles. The topological polar surface area (TPSA) is 47.0 Å². The molecule has 0 radical (unpaired) electrons. The summed E-state index contributed by atoms with van der Waals surface area (Å²) in [6.07, 6.45) is 2.25. The maximum absolute atomic E-state index is 5.74. The number of ether oxygens (including phenoxy) is 1. The normalized spacial score (nSPS) is 11.1. The van der Waals surface area contributed by atoms with Crippen LogP contribution in [0.25, 0.3) is 0 Å². The molecule has 1 rings (SSSR count). The third-order valence-electron chi connectivity index (χ3n) is 2.77. The van der Waals surface area contributed by atoms with Gasteiger partial charge in [-0.05, 0) is 25.7 Å². The van der Waals surface area contributed by atoms with Crippen molar-refractivity contribution in [2.75, 3.05) is 18.5 Å². The van der Waals surface area contributed by atoms with Crippen molar-refractivity contribution in [2.24, 2.45) is 5.92 Å². The van der Waals surface area contributed by atoms with E-state index in [9.17, 15) is 0 Å². The summed E-state index contributed by atoms with van der Waals surface area (Å²) in [5.41, 5.74) is 0. The monoisotopic (exact) mass is 265 g/mol. The van der Waals surface area contributed by atoms with Gasteiger partial charge in [0.25, 0.3) is 0 Å². The van der Waals surface area contributed by atoms with Crippen molar-refractivity contribution in [3.8, 4) is 5.88 Å². The molecule has 0 aliphatic rings. The van der Waals surface area contributed by atoms with Crippen LogP contribution in [0.1, 0.15) is 59.2 Å². The first-order chi connectivity index (χ1) is 9.02. The zero-order chi connectivity index (χ0) is 14.3. The molecule has 19 heavy (non-hydrogen) atoms. The van der Waals surface area contributed by atoms with Gasteiger partial charge >= 0.3 is 0 Å². The van der Waals surface area contributed by atoms with Crippen molar-refractivity contribution in [3.63, 3.8) is 0 Å². The molecule has 0 spiro atoms. The van der Waals surface area contributed by atoms with Crippen LogP contribution in [-0.2, 0) is 0 Å². The van der Waals surface area contributed by atoms with Crippen LogP contribution in [0.2, 0.25) is 0 Å². The third-order valence-corrected chi connectivity index (χ3v) is 2.77. The Kier molecular flexibility index (Phi) is 6.60. The van der Waals surface area contributed by atoms with Gasteiger partial charge in [0.2, 0.25) is 5.88 Å². The predicted molar refractivity (Wildman–Crippen MR) is 79.9 cm³/mol. The summed E-state index contributed by atoms with van der Waals surface area (Å²) in [4.78, 5) is 8.94. The Morgan fingerprint density at radius 2 is 1.95 bits per heavy atom. The number of hydrogen-bond acceptors (Lipinski definition) is 4. The van der Waals surface area contributed by atoms with Crippen molar-refractivity contribution >= 4 is 5.82 Å². The first kappa shape index (κ1) is 15.7. The summed E-state index contributed by atoms with van der Waals surface area (Å²) in [6, 6.07) is 1.88. The van der Waals surface area contributed by atoms with Gasteiger partial charge in [0.1, 0.15) is 11.6 Å². The van der Waals surface area contributed by atoms with Crippen molar-refractivity contribution in [3.05, 3.63) is 11.9 Å². The van der Waals surface area contributed by atoms with Gasteiger partial charge < -0.3 is 10.1 Å². The molecule has 1 N–H and O–H groups in total. The lowest BCUT2D eigenvalue weighted by Gasteiger charge is -2.12. The SMILES string of the molecule is CCNc1cc(OCCCC(C)C)nc(C(C)C)n1. The first-order valence-electron chi connectivity index (χ1n) is 7.28. The van der Waals surface area contributed by atoms with E-state index in [0.717, 1.165) is 37.1 Å². The Hall–Kier alpha value is -1.32. The highest BCUT2D eigenvalue weighted by Crippen LogP contribution is 2.19. The summed E-state index contributed by atoms with van der Waals surface area (Å²) in [6.45, 7) is 12.3. The average Bonchev–Trinajstić information content (AvgIpc) is 2.34. The zero-order valence-corrected chi connectivity index (χ0v) is 12.9. The number of nitrogens with one attached hydrogen (secondary N) is 1. The van der Waals surface area contributed by atoms with E-state index in [2.05, 4.69) is 49.9 Å². The molecule has 0 saturated heterocycles. The fourth-order valence-electron chi connectivity index (χ4n) is 1.71. The quantitative estimate of drug-likeness (QED) is 0.725. The fraction of sp³-hybridized carbons (Fsp3) is 0.733. The number of anilines is 1. The minimum absolute atomic E-state index is 0.302. The fourth-order valence-corrected chi connectivity index (χ4v) is 1.71. The maximum Gasteiger partial charge on any atom is 0.218 e. The maximum atomic E-state index is 5.74. The van der Waals surface area contributed by atoms with Crippen molar-refractivity contribution < 1.29 is 4.74 Å². The molecular weight excluding hydrogens is 238 g/mol. The van der Waals surface area contributed by atoms with Gasteiger partial charge in [0.15, 0.2) is 0 Å². The van der Waals surface area contributed by atoms with E-state index < -0.39 is 0 Å². The second kappa shape index (κ2) is 7.97. The number of rotatable bonds is 8. The van der Waals surface area contributed by atoms with E-state index >= 15 is 0 Å². The van der Waals surface area contributed by atoms with Gasteiger partial charge in [-0.15, -0.1) is 0 Å². The largest absolute Gasteiger partial charge is 0.478 e. The van der Waals surface area contributed by atoms with Crippen LogP contribution >= 0.6 is 0 Å². The van der Waals surface area contributed by atoms with Gasteiger partial charge in [0, 0.05) is 18.5 Å². The zero-order valence-electron chi connectivity index (χ0n) is 12.9. The molecule has 0 atom stereocenters. The first-order valence-corrected chi connectivity index (χ1v) is 7.28. The molecule has 4 nitrogen and oxygen atoms in total. The van der Waals surface area contributed by atoms with Gasteiger partial charge in [0.05, 0.1) is 6.61 Å². The molecule has 1 heterocycles. The van der Waals surface area contributed by atoms with Gasteiger partial charge in [-0.2, -0.15) is 4.98 Å². The predicted octanol–water partition coefficient (Wildman–Crippen LogP) is 3.85. The Bertz CT molecular complexity index is 378. The summed E-state index contributed by atoms with van der Waals surface area (Å²) in [5, 5.41) is 3.22. The summed E-state index contributed by atoms with van der Waals surface area (Å²) >= 11 is 0. The number of aromatic nitrogens is 2. The lowest BCUT2D eigenvalue weighted by Crippen LogP contribution is -2.08. The lowest BCUT2D eigenvalue weighted by atomic mass is 10.1. The molecule has 0 amide bonds. The lowest BCUT2D eigenvalue weighted by molar-refractivity contribution is 0.285. The summed E-state index contributed by atoms with van der Waals surface area (Å²) in [7, 11) is 0. The van der Waals surface area contributed by atoms with Gasteiger partial charge in [-0.25, -0.2) is 4.98 Å². The second-order valence-corrected chi connectivity index (χ2v) is 5.52. The second-order valence-electron chi connectivity index (χ2n) is 5.52. The van der Waals surface area contributed by atoms with E-state index in [1.54, 1.807) is 0 Å². The van der Waals surface area contributed by atoms with Crippen LogP contribution in [0.3, 0.4) is 0 Å².